The van der Waals surface area contributed by atoms with Crippen molar-refractivity contribution in [2.75, 3.05) is 6.54 Å². The highest BCUT2D eigenvalue weighted by Crippen LogP contribution is 2.30. The fraction of sp³-hybridized carbons (Fsp3) is 0.857. The van der Waals surface area contributed by atoms with Crippen LogP contribution in [0.1, 0.15) is 26.2 Å². The van der Waals surface area contributed by atoms with Crippen LogP contribution < -0.4 is 5.32 Å². The summed E-state index contributed by atoms with van der Waals surface area (Å²) in [7, 11) is 0. The van der Waals surface area contributed by atoms with Gasteiger partial charge in [0.25, 0.3) is 0 Å². The maximum Gasteiger partial charge on any atom is 0.106 e. The molecule has 0 spiro atoms. The molecule has 50 valence electrons. The summed E-state index contributed by atoms with van der Waals surface area (Å²) in [6.07, 6.45) is 3.29. The molecule has 2 nitrogen and oxygen atoms in total. The van der Waals surface area contributed by atoms with Crippen molar-refractivity contribution in [3.8, 4) is 6.07 Å². The fourth-order valence-electron chi connectivity index (χ4n) is 1.20. The second-order valence-corrected chi connectivity index (χ2v) is 2.58. The molecule has 0 radical (unpaired) electrons. The van der Waals surface area contributed by atoms with Gasteiger partial charge < -0.3 is 0 Å². The molecular weight excluding hydrogens is 112 g/mol. The van der Waals surface area contributed by atoms with Crippen molar-refractivity contribution in [1.29, 1.82) is 5.26 Å². The van der Waals surface area contributed by atoms with Gasteiger partial charge in [-0.05, 0) is 25.8 Å². The average Bonchev–Trinajstić information content (AvgIpc) is 1.79. The molecule has 0 heterocycles. The van der Waals surface area contributed by atoms with Crippen LogP contribution in [0.15, 0.2) is 0 Å². The van der Waals surface area contributed by atoms with Crippen LogP contribution in [-0.4, -0.2) is 12.1 Å². The standard InChI is InChI=1S/C7H12N2/c1-2-9-7(6-8)4-3-5-7/h9H,2-5H2,1H3. The number of hydrogen-bond acceptors (Lipinski definition) is 2. The third-order valence-corrected chi connectivity index (χ3v) is 1.94. The van der Waals surface area contributed by atoms with Gasteiger partial charge in [0, 0.05) is 0 Å². The summed E-state index contributed by atoms with van der Waals surface area (Å²) in [4.78, 5) is 0. The number of rotatable bonds is 2. The lowest BCUT2D eigenvalue weighted by Crippen LogP contribution is -2.49. The van der Waals surface area contributed by atoms with Gasteiger partial charge in [0.15, 0.2) is 0 Å². The summed E-state index contributed by atoms with van der Waals surface area (Å²) in [6, 6.07) is 2.30. The third-order valence-electron chi connectivity index (χ3n) is 1.94. The molecule has 1 N–H and O–H groups in total. The number of hydrogen-bond donors (Lipinski definition) is 1. The summed E-state index contributed by atoms with van der Waals surface area (Å²) in [5.74, 6) is 0. The molecule has 0 bridgehead atoms. The zero-order valence-corrected chi connectivity index (χ0v) is 5.78. The Hall–Kier alpha value is -0.550. The van der Waals surface area contributed by atoms with Crippen molar-refractivity contribution in [1.82, 2.24) is 5.32 Å². The zero-order chi connectivity index (χ0) is 6.74. The van der Waals surface area contributed by atoms with E-state index in [4.69, 9.17) is 5.26 Å². The lowest BCUT2D eigenvalue weighted by molar-refractivity contribution is 0.260. The Morgan fingerprint density at radius 2 is 2.33 bits per heavy atom. The van der Waals surface area contributed by atoms with E-state index in [0.717, 1.165) is 19.4 Å². The maximum atomic E-state index is 8.66. The van der Waals surface area contributed by atoms with Crippen molar-refractivity contribution >= 4 is 0 Å². The summed E-state index contributed by atoms with van der Waals surface area (Å²) >= 11 is 0. The first kappa shape index (κ1) is 6.57. The predicted molar refractivity (Wildman–Crippen MR) is 35.9 cm³/mol. The topological polar surface area (TPSA) is 35.8 Å². The van der Waals surface area contributed by atoms with Crippen molar-refractivity contribution < 1.29 is 0 Å². The molecule has 0 aromatic rings. The van der Waals surface area contributed by atoms with Gasteiger partial charge in [-0.15, -0.1) is 0 Å². The van der Waals surface area contributed by atoms with Gasteiger partial charge in [-0.3, -0.25) is 5.32 Å². The molecule has 0 aromatic carbocycles. The van der Waals surface area contributed by atoms with E-state index >= 15 is 0 Å². The first-order valence-electron chi connectivity index (χ1n) is 3.49. The number of nitrogens with zero attached hydrogens (tertiary/aromatic N) is 1. The van der Waals surface area contributed by atoms with Gasteiger partial charge in [-0.1, -0.05) is 6.92 Å². The monoisotopic (exact) mass is 124 g/mol. The zero-order valence-electron chi connectivity index (χ0n) is 5.78. The summed E-state index contributed by atoms with van der Waals surface area (Å²) in [6.45, 7) is 2.95. The van der Waals surface area contributed by atoms with E-state index in [0.29, 0.717) is 0 Å². The highest BCUT2D eigenvalue weighted by atomic mass is 15.0. The van der Waals surface area contributed by atoms with Crippen LogP contribution in [0, 0.1) is 11.3 Å². The molecule has 0 amide bonds. The average molecular weight is 124 g/mol. The van der Waals surface area contributed by atoms with Crippen LogP contribution in [0.4, 0.5) is 0 Å². The van der Waals surface area contributed by atoms with Crippen LogP contribution in [-0.2, 0) is 0 Å². The SMILES string of the molecule is CCNC1(C#N)CCC1. The Morgan fingerprint density at radius 1 is 1.67 bits per heavy atom. The fourth-order valence-corrected chi connectivity index (χ4v) is 1.20. The highest BCUT2D eigenvalue weighted by Gasteiger charge is 2.35. The van der Waals surface area contributed by atoms with Crippen molar-refractivity contribution in [2.24, 2.45) is 0 Å². The largest absolute Gasteiger partial charge is 0.300 e. The van der Waals surface area contributed by atoms with Crippen molar-refractivity contribution in [2.45, 2.75) is 31.7 Å². The van der Waals surface area contributed by atoms with Crippen LogP contribution in [0.2, 0.25) is 0 Å². The molecule has 1 saturated carbocycles. The Morgan fingerprint density at radius 3 is 2.44 bits per heavy atom. The first-order valence-corrected chi connectivity index (χ1v) is 3.49. The minimum absolute atomic E-state index is 0.130. The van der Waals surface area contributed by atoms with Crippen molar-refractivity contribution in [3.05, 3.63) is 0 Å². The smallest absolute Gasteiger partial charge is 0.106 e. The lowest BCUT2D eigenvalue weighted by atomic mass is 9.78. The molecule has 9 heavy (non-hydrogen) atoms. The van der Waals surface area contributed by atoms with E-state index in [1.54, 1.807) is 0 Å². The number of nitriles is 1. The maximum absolute atomic E-state index is 8.66. The van der Waals surface area contributed by atoms with E-state index in [-0.39, 0.29) is 5.54 Å². The van der Waals surface area contributed by atoms with Gasteiger partial charge >= 0.3 is 0 Å². The number of nitrogens with one attached hydrogen (secondary N) is 1. The quantitative estimate of drug-likeness (QED) is 0.597. The van der Waals surface area contributed by atoms with Crippen LogP contribution in [0.25, 0.3) is 0 Å². The van der Waals surface area contributed by atoms with E-state index in [2.05, 4.69) is 11.4 Å². The Balaban J connectivity index is 2.40. The van der Waals surface area contributed by atoms with Gasteiger partial charge in [-0.2, -0.15) is 5.26 Å². The third kappa shape index (κ3) is 1.06. The highest BCUT2D eigenvalue weighted by molar-refractivity contribution is 5.12. The van der Waals surface area contributed by atoms with E-state index in [1.165, 1.54) is 6.42 Å². The predicted octanol–water partition coefficient (Wildman–Crippen LogP) is 1.04. The molecular formula is C7H12N2. The molecule has 1 aliphatic carbocycles. The molecule has 0 unspecified atom stereocenters. The molecule has 1 fully saturated rings. The Bertz CT molecular complexity index is 130. The van der Waals surface area contributed by atoms with Gasteiger partial charge in [0.2, 0.25) is 0 Å². The Labute approximate surface area is 55.9 Å². The molecule has 2 heteroatoms. The molecule has 1 aliphatic rings. The minimum Gasteiger partial charge on any atom is -0.300 e. The molecule has 1 rings (SSSR count). The summed E-state index contributed by atoms with van der Waals surface area (Å²) in [5, 5.41) is 11.8. The van der Waals surface area contributed by atoms with E-state index in [1.807, 2.05) is 6.92 Å². The van der Waals surface area contributed by atoms with E-state index in [9.17, 15) is 0 Å². The molecule has 0 saturated heterocycles. The molecule has 0 aromatic heterocycles. The Kier molecular flexibility index (Phi) is 1.73. The summed E-state index contributed by atoms with van der Waals surface area (Å²) in [5.41, 5.74) is -0.130. The molecule has 0 atom stereocenters. The first-order chi connectivity index (χ1) is 4.33. The van der Waals surface area contributed by atoms with E-state index < -0.39 is 0 Å². The van der Waals surface area contributed by atoms with Crippen LogP contribution >= 0.6 is 0 Å². The van der Waals surface area contributed by atoms with Gasteiger partial charge in [0.05, 0.1) is 6.07 Å². The molecule has 0 aliphatic heterocycles. The van der Waals surface area contributed by atoms with Gasteiger partial charge in [0.1, 0.15) is 5.54 Å². The van der Waals surface area contributed by atoms with Crippen LogP contribution in [0.3, 0.4) is 0 Å². The van der Waals surface area contributed by atoms with Crippen LogP contribution in [0.5, 0.6) is 0 Å². The normalized spacial score (nSPS) is 22.2. The van der Waals surface area contributed by atoms with Crippen molar-refractivity contribution in [3.63, 3.8) is 0 Å². The minimum atomic E-state index is -0.130. The lowest BCUT2D eigenvalue weighted by Gasteiger charge is -2.35. The summed E-state index contributed by atoms with van der Waals surface area (Å²) < 4.78 is 0. The second-order valence-electron chi connectivity index (χ2n) is 2.58. The second kappa shape index (κ2) is 2.36. The van der Waals surface area contributed by atoms with Gasteiger partial charge in [-0.25, -0.2) is 0 Å².